The largest absolute Gasteiger partial charge is 0.354 e. The lowest BCUT2D eigenvalue weighted by Gasteiger charge is -2.26. The van der Waals surface area contributed by atoms with E-state index in [0.29, 0.717) is 6.54 Å². The van der Waals surface area contributed by atoms with E-state index >= 15 is 0 Å². The van der Waals surface area contributed by atoms with Crippen molar-refractivity contribution in [3.63, 3.8) is 0 Å². The van der Waals surface area contributed by atoms with Crippen molar-refractivity contribution in [2.45, 2.75) is 36.6 Å². The Kier molecular flexibility index (Phi) is 5.24. The fraction of sp³-hybridized carbons (Fsp3) is 0.438. The summed E-state index contributed by atoms with van der Waals surface area (Å²) in [5.41, 5.74) is 1.11. The van der Waals surface area contributed by atoms with Gasteiger partial charge in [0.25, 0.3) is 0 Å². The third kappa shape index (κ3) is 4.10. The van der Waals surface area contributed by atoms with Crippen LogP contribution in [0.15, 0.2) is 41.8 Å². The number of nitrogens with one attached hydrogen (secondary N) is 1. The fourth-order valence-electron chi connectivity index (χ4n) is 2.03. The molecule has 0 saturated carbocycles. The SMILES string of the molecule is CC(Sc1nncn1C)C(=O)NCC(C)(C)c1ccccc1. The molecule has 1 atom stereocenters. The highest BCUT2D eigenvalue weighted by Gasteiger charge is 2.23. The van der Waals surface area contributed by atoms with Crippen LogP contribution >= 0.6 is 11.8 Å². The Morgan fingerprint density at radius 1 is 1.36 bits per heavy atom. The van der Waals surface area contributed by atoms with E-state index in [4.69, 9.17) is 0 Å². The maximum atomic E-state index is 12.3. The summed E-state index contributed by atoms with van der Waals surface area (Å²) in [6.07, 6.45) is 1.63. The number of amides is 1. The summed E-state index contributed by atoms with van der Waals surface area (Å²) in [7, 11) is 1.87. The molecule has 0 saturated heterocycles. The average Bonchev–Trinajstić information content (AvgIpc) is 2.91. The molecule has 5 nitrogen and oxygen atoms in total. The normalized spacial score (nSPS) is 12.9. The van der Waals surface area contributed by atoms with Gasteiger partial charge in [-0.25, -0.2) is 0 Å². The molecule has 0 radical (unpaired) electrons. The van der Waals surface area contributed by atoms with Crippen LogP contribution in [-0.2, 0) is 17.3 Å². The van der Waals surface area contributed by atoms with Gasteiger partial charge >= 0.3 is 0 Å². The van der Waals surface area contributed by atoms with Gasteiger partial charge in [0.1, 0.15) is 6.33 Å². The van der Waals surface area contributed by atoms with Crippen LogP contribution in [0.2, 0.25) is 0 Å². The van der Waals surface area contributed by atoms with Crippen molar-refractivity contribution in [3.8, 4) is 0 Å². The van der Waals surface area contributed by atoms with Crippen LogP contribution in [0.25, 0.3) is 0 Å². The summed E-state index contributed by atoms with van der Waals surface area (Å²) in [5, 5.41) is 11.4. The van der Waals surface area contributed by atoms with Gasteiger partial charge in [0.15, 0.2) is 5.16 Å². The summed E-state index contributed by atoms with van der Waals surface area (Å²) >= 11 is 1.41. The van der Waals surface area contributed by atoms with Gasteiger partial charge in [-0.05, 0) is 12.5 Å². The minimum absolute atomic E-state index is 0.0111. The first-order valence-corrected chi connectivity index (χ1v) is 8.12. The molecule has 2 rings (SSSR count). The molecule has 6 heteroatoms. The van der Waals surface area contributed by atoms with Gasteiger partial charge in [0, 0.05) is 19.0 Å². The molecule has 0 bridgehead atoms. The van der Waals surface area contributed by atoms with Crippen molar-refractivity contribution in [2.24, 2.45) is 7.05 Å². The van der Waals surface area contributed by atoms with E-state index < -0.39 is 0 Å². The monoisotopic (exact) mass is 318 g/mol. The number of aryl methyl sites for hydroxylation is 1. The van der Waals surface area contributed by atoms with Crippen LogP contribution in [0.3, 0.4) is 0 Å². The molecule has 0 fully saturated rings. The van der Waals surface area contributed by atoms with Gasteiger partial charge < -0.3 is 9.88 Å². The summed E-state index contributed by atoms with van der Waals surface area (Å²) in [6.45, 7) is 6.73. The van der Waals surface area contributed by atoms with Crippen LogP contribution in [0.4, 0.5) is 0 Å². The highest BCUT2D eigenvalue weighted by atomic mass is 32.2. The number of rotatable bonds is 6. The third-order valence-corrected chi connectivity index (χ3v) is 4.73. The third-order valence-electron chi connectivity index (χ3n) is 3.58. The molecule has 1 N–H and O–H groups in total. The van der Waals surface area contributed by atoms with Gasteiger partial charge in [0.05, 0.1) is 5.25 Å². The summed E-state index contributed by atoms with van der Waals surface area (Å²) in [4.78, 5) is 12.3. The molecule has 0 aliphatic rings. The lowest BCUT2D eigenvalue weighted by atomic mass is 9.84. The zero-order valence-electron chi connectivity index (χ0n) is 13.4. The molecule has 1 aromatic carbocycles. The van der Waals surface area contributed by atoms with Crippen LogP contribution in [0, 0.1) is 0 Å². The molecule has 1 amide bonds. The van der Waals surface area contributed by atoms with E-state index in [1.807, 2.05) is 36.7 Å². The minimum Gasteiger partial charge on any atom is -0.354 e. The molecule has 0 spiro atoms. The van der Waals surface area contributed by atoms with Gasteiger partial charge in [-0.15, -0.1) is 10.2 Å². The Bertz CT molecular complexity index is 624. The first-order valence-electron chi connectivity index (χ1n) is 7.24. The standard InChI is InChI=1S/C16H22N4OS/c1-12(22-15-19-18-11-20(15)4)14(21)17-10-16(2,3)13-8-6-5-7-9-13/h5-9,11-12H,10H2,1-4H3,(H,17,21). The van der Waals surface area contributed by atoms with Crippen LogP contribution in [0.1, 0.15) is 26.3 Å². The molecule has 1 unspecified atom stereocenters. The van der Waals surface area contributed by atoms with E-state index in [1.54, 1.807) is 6.33 Å². The summed E-state index contributed by atoms with van der Waals surface area (Å²) in [6, 6.07) is 10.2. The average molecular weight is 318 g/mol. The summed E-state index contributed by atoms with van der Waals surface area (Å²) < 4.78 is 1.81. The molecular weight excluding hydrogens is 296 g/mol. The minimum atomic E-state index is -0.213. The Hall–Kier alpha value is -1.82. The van der Waals surface area contributed by atoms with E-state index in [1.165, 1.54) is 17.3 Å². The zero-order chi connectivity index (χ0) is 16.2. The van der Waals surface area contributed by atoms with Crippen molar-refractivity contribution in [1.29, 1.82) is 0 Å². The quantitative estimate of drug-likeness (QED) is 0.831. The predicted octanol–water partition coefficient (Wildman–Crippen LogP) is 2.39. The number of nitrogens with zero attached hydrogens (tertiary/aromatic N) is 3. The van der Waals surface area contributed by atoms with Crippen LogP contribution in [-0.4, -0.2) is 32.5 Å². The van der Waals surface area contributed by atoms with Crippen molar-refractivity contribution in [3.05, 3.63) is 42.2 Å². The molecule has 1 heterocycles. The Morgan fingerprint density at radius 2 is 2.05 bits per heavy atom. The van der Waals surface area contributed by atoms with Gasteiger partial charge in [0.2, 0.25) is 5.91 Å². The maximum Gasteiger partial charge on any atom is 0.233 e. The van der Waals surface area contributed by atoms with E-state index in [2.05, 4.69) is 41.5 Å². The fourth-order valence-corrected chi connectivity index (χ4v) is 2.85. The van der Waals surface area contributed by atoms with Gasteiger partial charge in [-0.3, -0.25) is 4.79 Å². The number of hydrogen-bond donors (Lipinski definition) is 1. The Morgan fingerprint density at radius 3 is 2.64 bits per heavy atom. The smallest absolute Gasteiger partial charge is 0.233 e. The molecule has 0 aliphatic carbocycles. The molecule has 22 heavy (non-hydrogen) atoms. The molecule has 2 aromatic rings. The van der Waals surface area contributed by atoms with E-state index in [9.17, 15) is 4.79 Å². The lowest BCUT2D eigenvalue weighted by molar-refractivity contribution is -0.120. The first kappa shape index (κ1) is 16.5. The highest BCUT2D eigenvalue weighted by molar-refractivity contribution is 8.00. The molecule has 0 aliphatic heterocycles. The number of carbonyl (C=O) groups is 1. The number of carbonyl (C=O) groups excluding carboxylic acids is 1. The van der Waals surface area contributed by atoms with Crippen molar-refractivity contribution in [2.75, 3.05) is 6.54 Å². The van der Waals surface area contributed by atoms with Gasteiger partial charge in [-0.2, -0.15) is 0 Å². The van der Waals surface area contributed by atoms with E-state index in [0.717, 1.165) is 5.16 Å². The predicted molar refractivity (Wildman–Crippen MR) is 88.8 cm³/mol. The Labute approximate surface area is 135 Å². The molecular formula is C16H22N4OS. The van der Waals surface area contributed by atoms with Crippen molar-refractivity contribution < 1.29 is 4.79 Å². The Balaban J connectivity index is 1.90. The number of benzene rings is 1. The topological polar surface area (TPSA) is 59.8 Å². The second-order valence-corrected chi connectivity index (χ2v) is 7.26. The van der Waals surface area contributed by atoms with E-state index in [-0.39, 0.29) is 16.6 Å². The number of hydrogen-bond acceptors (Lipinski definition) is 4. The second-order valence-electron chi connectivity index (χ2n) is 5.95. The number of thioether (sulfide) groups is 1. The maximum absolute atomic E-state index is 12.3. The summed E-state index contributed by atoms with van der Waals surface area (Å²) in [5.74, 6) is 0.0111. The molecule has 1 aromatic heterocycles. The first-order chi connectivity index (χ1) is 10.4. The highest BCUT2D eigenvalue weighted by Crippen LogP contribution is 2.23. The zero-order valence-corrected chi connectivity index (χ0v) is 14.2. The molecule has 118 valence electrons. The van der Waals surface area contributed by atoms with Crippen LogP contribution in [0.5, 0.6) is 0 Å². The lowest BCUT2D eigenvalue weighted by Crippen LogP contribution is -2.40. The van der Waals surface area contributed by atoms with Crippen molar-refractivity contribution >= 4 is 17.7 Å². The number of aromatic nitrogens is 3. The van der Waals surface area contributed by atoms with Crippen molar-refractivity contribution in [1.82, 2.24) is 20.1 Å². The van der Waals surface area contributed by atoms with Crippen LogP contribution < -0.4 is 5.32 Å². The second kappa shape index (κ2) is 6.96. The van der Waals surface area contributed by atoms with Gasteiger partial charge in [-0.1, -0.05) is 55.9 Å².